The molecule has 0 heterocycles. The van der Waals surface area contributed by atoms with Gasteiger partial charge in [0.25, 0.3) is 0 Å². The van der Waals surface area contributed by atoms with Crippen molar-refractivity contribution in [1.29, 1.82) is 0 Å². The Morgan fingerprint density at radius 2 is 2.06 bits per heavy atom. The lowest BCUT2D eigenvalue weighted by atomic mass is 10.0. The zero-order valence-corrected chi connectivity index (χ0v) is 9.47. The van der Waals surface area contributed by atoms with Crippen LogP contribution in [0.5, 0.6) is 0 Å². The zero-order valence-electron chi connectivity index (χ0n) is 9.47. The second kappa shape index (κ2) is 5.80. The SMILES string of the molecule is C=C[C@](C)(O)[C@H](O)COCc1ccccc1. The summed E-state index contributed by atoms with van der Waals surface area (Å²) < 4.78 is 5.31. The van der Waals surface area contributed by atoms with Crippen LogP contribution in [0.25, 0.3) is 0 Å². The van der Waals surface area contributed by atoms with Crippen molar-refractivity contribution in [2.24, 2.45) is 0 Å². The topological polar surface area (TPSA) is 49.7 Å². The number of rotatable bonds is 6. The summed E-state index contributed by atoms with van der Waals surface area (Å²) in [5.74, 6) is 0. The van der Waals surface area contributed by atoms with Gasteiger partial charge in [0.05, 0.1) is 13.2 Å². The second-order valence-electron chi connectivity index (χ2n) is 3.95. The highest BCUT2D eigenvalue weighted by atomic mass is 16.5. The summed E-state index contributed by atoms with van der Waals surface area (Å²) in [6.07, 6.45) is 0.345. The standard InChI is InChI=1S/C13H18O3/c1-3-13(2,15)12(14)10-16-9-11-7-5-4-6-8-11/h3-8,12,14-15H,1,9-10H2,2H3/t12-,13+/m1/s1. The lowest BCUT2D eigenvalue weighted by Crippen LogP contribution is -2.40. The smallest absolute Gasteiger partial charge is 0.109 e. The minimum Gasteiger partial charge on any atom is -0.387 e. The Balaban J connectivity index is 2.34. The van der Waals surface area contributed by atoms with Gasteiger partial charge in [-0.1, -0.05) is 36.4 Å². The first-order valence-corrected chi connectivity index (χ1v) is 5.22. The summed E-state index contributed by atoms with van der Waals surface area (Å²) >= 11 is 0. The molecule has 1 rings (SSSR count). The summed E-state index contributed by atoms with van der Waals surface area (Å²) in [7, 11) is 0. The molecule has 0 saturated heterocycles. The zero-order chi connectivity index (χ0) is 12.0. The molecule has 0 bridgehead atoms. The largest absolute Gasteiger partial charge is 0.387 e. The highest BCUT2D eigenvalue weighted by Gasteiger charge is 2.26. The quantitative estimate of drug-likeness (QED) is 0.717. The fourth-order valence-electron chi connectivity index (χ4n) is 1.17. The van der Waals surface area contributed by atoms with Crippen LogP contribution in [0.15, 0.2) is 43.0 Å². The molecule has 0 spiro atoms. The van der Waals surface area contributed by atoms with Crippen molar-refractivity contribution in [3.63, 3.8) is 0 Å². The molecule has 1 aromatic rings. The molecule has 3 heteroatoms. The molecule has 88 valence electrons. The average Bonchev–Trinajstić information content (AvgIpc) is 2.30. The van der Waals surface area contributed by atoms with Crippen molar-refractivity contribution in [3.05, 3.63) is 48.6 Å². The lowest BCUT2D eigenvalue weighted by Gasteiger charge is -2.25. The molecule has 0 saturated carbocycles. The van der Waals surface area contributed by atoms with Gasteiger partial charge < -0.3 is 14.9 Å². The monoisotopic (exact) mass is 222 g/mol. The van der Waals surface area contributed by atoms with E-state index in [1.807, 2.05) is 30.3 Å². The van der Waals surface area contributed by atoms with Gasteiger partial charge in [-0.05, 0) is 12.5 Å². The van der Waals surface area contributed by atoms with Crippen LogP contribution in [-0.2, 0) is 11.3 Å². The van der Waals surface area contributed by atoms with Crippen LogP contribution < -0.4 is 0 Å². The number of hydrogen-bond acceptors (Lipinski definition) is 3. The third-order valence-electron chi connectivity index (χ3n) is 2.48. The molecule has 16 heavy (non-hydrogen) atoms. The molecule has 1 aromatic carbocycles. The maximum atomic E-state index is 9.64. The van der Waals surface area contributed by atoms with Crippen LogP contribution >= 0.6 is 0 Å². The maximum Gasteiger partial charge on any atom is 0.109 e. The van der Waals surface area contributed by atoms with E-state index in [1.165, 1.54) is 13.0 Å². The van der Waals surface area contributed by atoms with Crippen molar-refractivity contribution >= 4 is 0 Å². The summed E-state index contributed by atoms with van der Waals surface area (Å²) in [5.41, 5.74) is -0.274. The van der Waals surface area contributed by atoms with E-state index in [2.05, 4.69) is 6.58 Å². The fourth-order valence-corrected chi connectivity index (χ4v) is 1.17. The highest BCUT2D eigenvalue weighted by molar-refractivity contribution is 5.13. The van der Waals surface area contributed by atoms with E-state index in [0.29, 0.717) is 6.61 Å². The first-order chi connectivity index (χ1) is 7.56. The van der Waals surface area contributed by atoms with Crippen molar-refractivity contribution < 1.29 is 14.9 Å². The molecule has 0 aliphatic carbocycles. The summed E-state index contributed by atoms with van der Waals surface area (Å²) in [6, 6.07) is 9.67. The first-order valence-electron chi connectivity index (χ1n) is 5.22. The Kier molecular flexibility index (Phi) is 4.68. The van der Waals surface area contributed by atoms with Crippen molar-refractivity contribution in [3.8, 4) is 0 Å². The van der Waals surface area contributed by atoms with E-state index >= 15 is 0 Å². The number of aliphatic hydroxyl groups excluding tert-OH is 1. The van der Waals surface area contributed by atoms with E-state index < -0.39 is 11.7 Å². The third-order valence-corrected chi connectivity index (χ3v) is 2.48. The molecule has 0 aliphatic heterocycles. The van der Waals surface area contributed by atoms with E-state index in [-0.39, 0.29) is 6.61 Å². The van der Waals surface area contributed by atoms with Crippen molar-refractivity contribution in [2.45, 2.75) is 25.2 Å². The average molecular weight is 222 g/mol. The van der Waals surface area contributed by atoms with Crippen molar-refractivity contribution in [2.75, 3.05) is 6.61 Å². The Bertz CT molecular complexity index is 319. The molecular formula is C13H18O3. The normalized spacial score (nSPS) is 16.4. The molecule has 0 unspecified atom stereocenters. The number of benzene rings is 1. The van der Waals surface area contributed by atoms with E-state index in [4.69, 9.17) is 4.74 Å². The van der Waals surface area contributed by atoms with Gasteiger partial charge >= 0.3 is 0 Å². The predicted octanol–water partition coefficient (Wildman–Crippen LogP) is 1.50. The molecule has 0 amide bonds. The highest BCUT2D eigenvalue weighted by Crippen LogP contribution is 2.12. The molecular weight excluding hydrogens is 204 g/mol. The van der Waals surface area contributed by atoms with E-state index in [9.17, 15) is 10.2 Å². The predicted molar refractivity (Wildman–Crippen MR) is 62.9 cm³/mol. The van der Waals surface area contributed by atoms with Crippen molar-refractivity contribution in [1.82, 2.24) is 0 Å². The molecule has 0 radical (unpaired) electrons. The number of hydrogen-bond donors (Lipinski definition) is 2. The van der Waals surface area contributed by atoms with Gasteiger partial charge in [0, 0.05) is 0 Å². The Morgan fingerprint density at radius 3 is 2.62 bits per heavy atom. The van der Waals surface area contributed by atoms with Gasteiger partial charge in [-0.3, -0.25) is 0 Å². The van der Waals surface area contributed by atoms with Gasteiger partial charge in [0.2, 0.25) is 0 Å². The van der Waals surface area contributed by atoms with Crippen LogP contribution in [0.4, 0.5) is 0 Å². The number of aliphatic hydroxyl groups is 2. The Hall–Kier alpha value is -1.16. The van der Waals surface area contributed by atoms with Gasteiger partial charge in [0.1, 0.15) is 11.7 Å². The molecule has 0 aliphatic rings. The summed E-state index contributed by atoms with van der Waals surface area (Å²) in [4.78, 5) is 0. The summed E-state index contributed by atoms with van der Waals surface area (Å²) in [6.45, 7) is 5.45. The molecule has 2 N–H and O–H groups in total. The third kappa shape index (κ3) is 3.77. The van der Waals surface area contributed by atoms with E-state index in [0.717, 1.165) is 5.56 Å². The van der Waals surface area contributed by atoms with Gasteiger partial charge in [-0.15, -0.1) is 6.58 Å². The Morgan fingerprint density at radius 1 is 1.44 bits per heavy atom. The second-order valence-corrected chi connectivity index (χ2v) is 3.95. The molecule has 0 aromatic heterocycles. The molecule has 2 atom stereocenters. The van der Waals surface area contributed by atoms with Crippen LogP contribution in [0.1, 0.15) is 12.5 Å². The first kappa shape index (κ1) is 12.9. The fraction of sp³-hybridized carbons (Fsp3) is 0.385. The molecule has 3 nitrogen and oxygen atoms in total. The van der Waals surface area contributed by atoms with E-state index in [1.54, 1.807) is 0 Å². The minimum absolute atomic E-state index is 0.0773. The number of ether oxygens (including phenoxy) is 1. The van der Waals surface area contributed by atoms with Crippen LogP contribution in [0, 0.1) is 0 Å². The van der Waals surface area contributed by atoms with Crippen LogP contribution in [-0.4, -0.2) is 28.5 Å². The molecule has 0 fully saturated rings. The van der Waals surface area contributed by atoms with Gasteiger partial charge in [-0.25, -0.2) is 0 Å². The van der Waals surface area contributed by atoms with Crippen LogP contribution in [0.3, 0.4) is 0 Å². The summed E-state index contributed by atoms with van der Waals surface area (Å²) in [5, 5.41) is 19.2. The van der Waals surface area contributed by atoms with Crippen LogP contribution in [0.2, 0.25) is 0 Å². The van der Waals surface area contributed by atoms with Gasteiger partial charge in [0.15, 0.2) is 0 Å². The Labute approximate surface area is 96.0 Å². The maximum absolute atomic E-state index is 9.64. The minimum atomic E-state index is -1.31. The lowest BCUT2D eigenvalue weighted by molar-refractivity contribution is -0.0727. The van der Waals surface area contributed by atoms with Gasteiger partial charge in [-0.2, -0.15) is 0 Å².